The average molecular weight is 681 g/mol. The predicted octanol–water partition coefficient (Wildman–Crippen LogP) is 5.94. The topological polar surface area (TPSA) is 114 Å². The molecule has 0 aliphatic rings. The van der Waals surface area contributed by atoms with E-state index in [4.69, 9.17) is 37.4 Å². The van der Waals surface area contributed by atoms with Gasteiger partial charge in [0.25, 0.3) is 10.0 Å². The van der Waals surface area contributed by atoms with Crippen molar-refractivity contribution in [1.29, 1.82) is 0 Å². The molecular weight excluding hydrogens is 641 g/mol. The first-order chi connectivity index (χ1) is 21.5. The van der Waals surface area contributed by atoms with E-state index in [1.54, 1.807) is 37.3 Å². The predicted molar refractivity (Wildman–Crippen MR) is 176 cm³/mol. The fourth-order valence-corrected chi connectivity index (χ4v) is 6.51. The maximum atomic E-state index is 14.4. The molecule has 3 aromatic carbocycles. The number of amides is 2. The molecule has 13 heteroatoms. The molecule has 1 N–H and O–H groups in total. The van der Waals surface area contributed by atoms with Gasteiger partial charge in [-0.05, 0) is 54.8 Å². The highest BCUT2D eigenvalue weighted by Crippen LogP contribution is 2.37. The SMILES string of the molecule is CCCCNC(=O)[C@H](CC)N(Cc1ccccc1Cl)C(=O)CN(c1cc(Cl)ccc1OC)S(=O)(=O)c1ccc(OC)c(OC)c1. The van der Waals surface area contributed by atoms with E-state index in [0.29, 0.717) is 22.9 Å². The lowest BCUT2D eigenvalue weighted by Crippen LogP contribution is -2.52. The minimum Gasteiger partial charge on any atom is -0.495 e. The molecule has 45 heavy (non-hydrogen) atoms. The van der Waals surface area contributed by atoms with Gasteiger partial charge in [0.15, 0.2) is 11.5 Å². The Morgan fingerprint density at radius 1 is 0.889 bits per heavy atom. The Labute approximate surface area is 275 Å². The highest BCUT2D eigenvalue weighted by molar-refractivity contribution is 7.92. The van der Waals surface area contributed by atoms with Crippen molar-refractivity contribution >= 4 is 50.7 Å². The molecule has 0 aliphatic heterocycles. The Morgan fingerprint density at radius 3 is 2.18 bits per heavy atom. The maximum absolute atomic E-state index is 14.4. The monoisotopic (exact) mass is 679 g/mol. The number of nitrogens with zero attached hydrogens (tertiary/aromatic N) is 2. The van der Waals surface area contributed by atoms with Crippen LogP contribution in [0.5, 0.6) is 17.2 Å². The van der Waals surface area contributed by atoms with Crippen molar-refractivity contribution in [2.45, 2.75) is 50.6 Å². The maximum Gasteiger partial charge on any atom is 0.265 e. The fraction of sp³-hybridized carbons (Fsp3) is 0.375. The molecule has 0 bridgehead atoms. The summed E-state index contributed by atoms with van der Waals surface area (Å²) in [4.78, 5) is 28.9. The van der Waals surface area contributed by atoms with E-state index in [-0.39, 0.29) is 46.0 Å². The molecule has 244 valence electrons. The minimum atomic E-state index is -4.46. The Balaban J connectivity index is 2.16. The largest absolute Gasteiger partial charge is 0.495 e. The van der Waals surface area contributed by atoms with Crippen LogP contribution < -0.4 is 23.8 Å². The molecule has 0 unspecified atom stereocenters. The van der Waals surface area contributed by atoms with Gasteiger partial charge in [-0.25, -0.2) is 8.42 Å². The minimum absolute atomic E-state index is 0.0326. The Bertz CT molecular complexity index is 1590. The zero-order chi connectivity index (χ0) is 33.1. The summed E-state index contributed by atoms with van der Waals surface area (Å²) in [6, 6.07) is 14.6. The summed E-state index contributed by atoms with van der Waals surface area (Å²) in [7, 11) is -0.252. The third-order valence-electron chi connectivity index (χ3n) is 7.15. The number of rotatable bonds is 16. The van der Waals surface area contributed by atoms with Gasteiger partial charge in [0.2, 0.25) is 11.8 Å². The quantitative estimate of drug-likeness (QED) is 0.186. The zero-order valence-electron chi connectivity index (χ0n) is 26.0. The first kappa shape index (κ1) is 35.8. The summed E-state index contributed by atoms with van der Waals surface area (Å²) in [5.41, 5.74) is 0.633. The number of carbonyl (C=O) groups is 2. The van der Waals surface area contributed by atoms with Gasteiger partial charge in [-0.1, -0.05) is 61.7 Å². The van der Waals surface area contributed by atoms with Crippen LogP contribution in [0, 0.1) is 0 Å². The highest BCUT2D eigenvalue weighted by atomic mass is 35.5. The van der Waals surface area contributed by atoms with Crippen LogP contribution in [0.25, 0.3) is 0 Å². The molecular formula is C32H39Cl2N3O7S. The molecule has 3 rings (SSSR count). The van der Waals surface area contributed by atoms with Crippen molar-refractivity contribution in [1.82, 2.24) is 10.2 Å². The summed E-state index contributed by atoms with van der Waals surface area (Å²) < 4.78 is 45.8. The van der Waals surface area contributed by atoms with Gasteiger partial charge in [-0.3, -0.25) is 13.9 Å². The summed E-state index contributed by atoms with van der Waals surface area (Å²) in [5.74, 6) is -0.319. The lowest BCUT2D eigenvalue weighted by atomic mass is 10.1. The van der Waals surface area contributed by atoms with Crippen LogP contribution in [-0.2, 0) is 26.2 Å². The van der Waals surface area contributed by atoms with Gasteiger partial charge in [0.05, 0.1) is 31.9 Å². The number of ether oxygens (including phenoxy) is 3. The number of methoxy groups -OCH3 is 3. The van der Waals surface area contributed by atoms with E-state index in [9.17, 15) is 18.0 Å². The van der Waals surface area contributed by atoms with Crippen LogP contribution in [0.1, 0.15) is 38.7 Å². The fourth-order valence-electron chi connectivity index (χ4n) is 4.71. The molecule has 0 heterocycles. The third kappa shape index (κ3) is 8.74. The standard InChI is InChI=1S/C32H39Cl2N3O7S/c1-6-8-17-35-32(39)26(7-2)36(20-22-11-9-10-12-25(22)34)31(38)21-37(27-18-23(33)13-15-28(27)42-3)45(40,41)24-14-16-29(43-4)30(19-24)44-5/h9-16,18-19,26H,6-8,17,20-21H2,1-5H3,(H,35,39)/t26-/m0/s1. The van der Waals surface area contributed by atoms with E-state index in [1.807, 2.05) is 6.92 Å². The average Bonchev–Trinajstić information content (AvgIpc) is 3.03. The Morgan fingerprint density at radius 2 is 1.56 bits per heavy atom. The third-order valence-corrected chi connectivity index (χ3v) is 9.51. The number of anilines is 1. The molecule has 0 aromatic heterocycles. The van der Waals surface area contributed by atoms with Crippen molar-refractivity contribution in [3.8, 4) is 17.2 Å². The molecule has 0 radical (unpaired) electrons. The first-order valence-electron chi connectivity index (χ1n) is 14.4. The van der Waals surface area contributed by atoms with Crippen LogP contribution in [0.2, 0.25) is 10.0 Å². The number of carbonyl (C=O) groups excluding carboxylic acids is 2. The summed E-state index contributed by atoms with van der Waals surface area (Å²) in [5, 5.41) is 3.53. The second-order valence-corrected chi connectivity index (χ2v) is 12.7. The second kappa shape index (κ2) is 16.6. The molecule has 0 spiro atoms. The van der Waals surface area contributed by atoms with Crippen molar-refractivity contribution in [3.05, 3.63) is 76.3 Å². The van der Waals surface area contributed by atoms with Crippen LogP contribution >= 0.6 is 23.2 Å². The number of benzene rings is 3. The van der Waals surface area contributed by atoms with Gasteiger partial charge >= 0.3 is 0 Å². The van der Waals surface area contributed by atoms with Gasteiger partial charge < -0.3 is 24.4 Å². The number of sulfonamides is 1. The molecule has 0 saturated carbocycles. The van der Waals surface area contributed by atoms with E-state index < -0.39 is 28.5 Å². The summed E-state index contributed by atoms with van der Waals surface area (Å²) in [6.45, 7) is 3.52. The number of unbranched alkanes of at least 4 members (excludes halogenated alkanes) is 1. The van der Waals surface area contributed by atoms with Gasteiger partial charge in [0.1, 0.15) is 18.3 Å². The molecule has 3 aromatic rings. The lowest BCUT2D eigenvalue weighted by Gasteiger charge is -2.33. The first-order valence-corrected chi connectivity index (χ1v) is 16.6. The molecule has 0 saturated heterocycles. The second-order valence-electron chi connectivity index (χ2n) is 10.0. The van der Waals surface area contributed by atoms with Gasteiger partial charge in [-0.15, -0.1) is 0 Å². The lowest BCUT2D eigenvalue weighted by molar-refractivity contribution is -0.140. The normalized spacial score (nSPS) is 11.8. The number of nitrogens with one attached hydrogen (secondary N) is 1. The molecule has 0 aliphatic carbocycles. The highest BCUT2D eigenvalue weighted by Gasteiger charge is 2.35. The van der Waals surface area contributed by atoms with Crippen molar-refractivity contribution < 1.29 is 32.2 Å². The number of hydrogen-bond acceptors (Lipinski definition) is 7. The molecule has 1 atom stereocenters. The summed E-state index contributed by atoms with van der Waals surface area (Å²) >= 11 is 12.8. The summed E-state index contributed by atoms with van der Waals surface area (Å²) in [6.07, 6.45) is 1.92. The van der Waals surface area contributed by atoms with E-state index in [2.05, 4.69) is 5.32 Å². The Kier molecular flexibility index (Phi) is 13.2. The number of halogens is 2. The number of hydrogen-bond donors (Lipinski definition) is 1. The van der Waals surface area contributed by atoms with Gasteiger partial charge in [-0.2, -0.15) is 0 Å². The van der Waals surface area contributed by atoms with Crippen LogP contribution in [0.15, 0.2) is 65.6 Å². The van der Waals surface area contributed by atoms with E-state index in [1.165, 1.54) is 56.6 Å². The van der Waals surface area contributed by atoms with Crippen LogP contribution in [-0.4, -0.2) is 65.6 Å². The molecule has 10 nitrogen and oxygen atoms in total. The molecule has 2 amide bonds. The Hall–Kier alpha value is -3.67. The van der Waals surface area contributed by atoms with Crippen molar-refractivity contribution in [2.24, 2.45) is 0 Å². The zero-order valence-corrected chi connectivity index (χ0v) is 28.3. The molecule has 0 fully saturated rings. The van der Waals surface area contributed by atoms with Gasteiger partial charge in [0, 0.05) is 29.2 Å². The van der Waals surface area contributed by atoms with Crippen LogP contribution in [0.3, 0.4) is 0 Å². The van der Waals surface area contributed by atoms with E-state index in [0.717, 1.165) is 17.1 Å². The smallest absolute Gasteiger partial charge is 0.265 e. The van der Waals surface area contributed by atoms with Crippen molar-refractivity contribution in [3.63, 3.8) is 0 Å². The van der Waals surface area contributed by atoms with E-state index >= 15 is 0 Å². The van der Waals surface area contributed by atoms with Crippen molar-refractivity contribution in [2.75, 3.05) is 38.7 Å². The van der Waals surface area contributed by atoms with Crippen LogP contribution in [0.4, 0.5) is 5.69 Å².